The average Bonchev–Trinajstić information content (AvgIpc) is 2.64. The molecule has 0 unspecified atom stereocenters. The summed E-state index contributed by atoms with van der Waals surface area (Å²) in [4.78, 5) is 11.8. The van der Waals surface area contributed by atoms with Gasteiger partial charge in [-0.1, -0.05) is 58.3 Å². The van der Waals surface area contributed by atoms with Crippen molar-refractivity contribution >= 4 is 5.97 Å². The molecule has 0 aromatic heterocycles. The van der Waals surface area contributed by atoms with Crippen molar-refractivity contribution < 1.29 is 34.3 Å². The van der Waals surface area contributed by atoms with Gasteiger partial charge in [-0.15, -0.1) is 0 Å². The van der Waals surface area contributed by atoms with E-state index in [0.717, 1.165) is 19.3 Å². The summed E-state index contributed by atoms with van der Waals surface area (Å²) in [5.74, 6) is -0.349. The molecule has 1 fully saturated rings. The molecule has 3 N–H and O–H groups in total. The summed E-state index contributed by atoms with van der Waals surface area (Å²) < 4.78 is 15.4. The second-order valence-corrected chi connectivity index (χ2v) is 7.01. The van der Waals surface area contributed by atoms with Gasteiger partial charge in [0.15, 0.2) is 6.29 Å². The fourth-order valence-electron chi connectivity index (χ4n) is 3.08. The van der Waals surface area contributed by atoms with E-state index < -0.39 is 30.7 Å². The van der Waals surface area contributed by atoms with E-state index in [0.29, 0.717) is 6.42 Å². The second kappa shape index (κ2) is 13.4. The van der Waals surface area contributed by atoms with Crippen LogP contribution in [0.5, 0.6) is 0 Å². The molecule has 154 valence electrons. The molecule has 7 nitrogen and oxygen atoms in total. The first kappa shape index (κ1) is 23.3. The van der Waals surface area contributed by atoms with Gasteiger partial charge in [0.05, 0.1) is 0 Å². The average molecular weight is 376 g/mol. The second-order valence-electron chi connectivity index (χ2n) is 7.01. The molecule has 26 heavy (non-hydrogen) atoms. The molecule has 0 saturated carbocycles. The lowest BCUT2D eigenvalue weighted by Gasteiger charge is -2.39. The van der Waals surface area contributed by atoms with Gasteiger partial charge in [0.1, 0.15) is 31.0 Å². The maximum Gasteiger partial charge on any atom is 0.305 e. The highest BCUT2D eigenvalue weighted by atomic mass is 16.7. The molecule has 1 saturated heterocycles. The molecule has 0 aromatic rings. The highest BCUT2D eigenvalue weighted by Gasteiger charge is 2.44. The van der Waals surface area contributed by atoms with Crippen LogP contribution in [0, 0.1) is 0 Å². The zero-order valence-corrected chi connectivity index (χ0v) is 16.1. The molecule has 1 rings (SSSR count). The third-order valence-electron chi connectivity index (χ3n) is 4.79. The summed E-state index contributed by atoms with van der Waals surface area (Å²) in [7, 11) is 1.32. The van der Waals surface area contributed by atoms with E-state index >= 15 is 0 Å². The number of esters is 1. The first-order chi connectivity index (χ1) is 12.5. The first-order valence-corrected chi connectivity index (χ1v) is 9.89. The quantitative estimate of drug-likeness (QED) is 0.333. The number of rotatable bonds is 13. The maximum atomic E-state index is 11.8. The van der Waals surface area contributed by atoms with Crippen LogP contribution in [-0.4, -0.2) is 65.7 Å². The Morgan fingerprint density at radius 2 is 1.46 bits per heavy atom. The van der Waals surface area contributed by atoms with Crippen molar-refractivity contribution in [2.45, 2.75) is 102 Å². The predicted octanol–water partition coefficient (Wildman–Crippen LogP) is 1.90. The smallest absolute Gasteiger partial charge is 0.305 e. The summed E-state index contributed by atoms with van der Waals surface area (Å²) in [5.41, 5.74) is 0. The zero-order valence-electron chi connectivity index (χ0n) is 16.1. The van der Waals surface area contributed by atoms with Gasteiger partial charge in [-0.2, -0.15) is 0 Å². The van der Waals surface area contributed by atoms with Crippen LogP contribution in [0.15, 0.2) is 0 Å². The Bertz CT molecular complexity index is 375. The summed E-state index contributed by atoms with van der Waals surface area (Å²) in [5, 5.41) is 29.4. The van der Waals surface area contributed by atoms with Crippen molar-refractivity contribution in [3.8, 4) is 0 Å². The lowest BCUT2D eigenvalue weighted by molar-refractivity contribution is -0.295. The third-order valence-corrected chi connectivity index (χ3v) is 4.79. The van der Waals surface area contributed by atoms with Crippen LogP contribution in [0.4, 0.5) is 0 Å². The Balaban J connectivity index is 2.10. The molecule has 7 heteroatoms. The Morgan fingerprint density at radius 3 is 2.04 bits per heavy atom. The molecule has 0 spiro atoms. The largest absolute Gasteiger partial charge is 0.463 e. The minimum atomic E-state index is -1.41. The van der Waals surface area contributed by atoms with Crippen LogP contribution in [0.25, 0.3) is 0 Å². The van der Waals surface area contributed by atoms with E-state index in [2.05, 4.69) is 6.92 Å². The van der Waals surface area contributed by atoms with Crippen LogP contribution in [-0.2, 0) is 19.0 Å². The van der Waals surface area contributed by atoms with Gasteiger partial charge in [-0.3, -0.25) is 4.79 Å². The van der Waals surface area contributed by atoms with Gasteiger partial charge >= 0.3 is 5.97 Å². The molecule has 1 aliphatic rings. The fourth-order valence-corrected chi connectivity index (χ4v) is 3.08. The van der Waals surface area contributed by atoms with Crippen molar-refractivity contribution in [3.05, 3.63) is 0 Å². The highest BCUT2D eigenvalue weighted by Crippen LogP contribution is 2.22. The van der Waals surface area contributed by atoms with E-state index in [1.165, 1.54) is 45.6 Å². The summed E-state index contributed by atoms with van der Waals surface area (Å²) in [6.07, 6.45) is 4.82. The van der Waals surface area contributed by atoms with E-state index in [1.54, 1.807) is 0 Å². The van der Waals surface area contributed by atoms with Crippen LogP contribution < -0.4 is 0 Å². The number of carbonyl (C=O) groups excluding carboxylic acids is 1. The van der Waals surface area contributed by atoms with Crippen LogP contribution >= 0.6 is 0 Å². The van der Waals surface area contributed by atoms with Gasteiger partial charge in [0, 0.05) is 13.5 Å². The Labute approximate surface area is 156 Å². The normalized spacial score (nSPS) is 28.9. The minimum Gasteiger partial charge on any atom is -0.463 e. The molecule has 0 radical (unpaired) electrons. The van der Waals surface area contributed by atoms with Crippen molar-refractivity contribution in [2.24, 2.45) is 0 Å². The molecule has 5 atom stereocenters. The lowest BCUT2D eigenvalue weighted by atomic mass is 9.99. The number of methoxy groups -OCH3 is 1. The number of aliphatic hydroxyl groups excluding tert-OH is 3. The number of hydrogen-bond acceptors (Lipinski definition) is 7. The molecule has 0 amide bonds. The third kappa shape index (κ3) is 8.31. The van der Waals surface area contributed by atoms with Gasteiger partial charge < -0.3 is 29.5 Å². The van der Waals surface area contributed by atoms with E-state index in [4.69, 9.17) is 14.2 Å². The summed E-state index contributed by atoms with van der Waals surface area (Å²) in [6.45, 7) is 2.03. The first-order valence-electron chi connectivity index (χ1n) is 9.89. The molecule has 0 aliphatic carbocycles. The van der Waals surface area contributed by atoms with Gasteiger partial charge in [-0.25, -0.2) is 0 Å². The zero-order chi connectivity index (χ0) is 19.4. The van der Waals surface area contributed by atoms with Gasteiger partial charge in [0.2, 0.25) is 0 Å². The lowest BCUT2D eigenvalue weighted by Crippen LogP contribution is -2.59. The van der Waals surface area contributed by atoms with Gasteiger partial charge in [-0.05, 0) is 6.42 Å². The summed E-state index contributed by atoms with van der Waals surface area (Å²) in [6, 6.07) is 0. The molecule has 0 aromatic carbocycles. The van der Waals surface area contributed by atoms with Gasteiger partial charge in [0.25, 0.3) is 0 Å². The van der Waals surface area contributed by atoms with Crippen LogP contribution in [0.2, 0.25) is 0 Å². The van der Waals surface area contributed by atoms with Crippen LogP contribution in [0.1, 0.15) is 71.1 Å². The number of carbonyl (C=O) groups is 1. The molecule has 0 bridgehead atoms. The number of unbranched alkanes of at least 4 members (excludes halogenated alkanes) is 8. The predicted molar refractivity (Wildman–Crippen MR) is 96.5 cm³/mol. The van der Waals surface area contributed by atoms with E-state index in [9.17, 15) is 20.1 Å². The van der Waals surface area contributed by atoms with E-state index in [1.807, 2.05) is 0 Å². The van der Waals surface area contributed by atoms with Crippen molar-refractivity contribution in [1.29, 1.82) is 0 Å². The van der Waals surface area contributed by atoms with Crippen molar-refractivity contribution in [3.63, 3.8) is 0 Å². The van der Waals surface area contributed by atoms with Crippen molar-refractivity contribution in [2.75, 3.05) is 13.7 Å². The standard InChI is InChI=1S/C19H36O7/c1-3-4-5-6-7-8-9-10-11-12-15(20)25-13-14-16(21)17(22)18(23)19(24-2)26-14/h14,16-19,21-23H,3-13H2,1-2H3/t14-,16+,17+,18-,19+/m1/s1. The molecule has 1 heterocycles. The van der Waals surface area contributed by atoms with Crippen LogP contribution in [0.3, 0.4) is 0 Å². The Morgan fingerprint density at radius 1 is 0.885 bits per heavy atom. The monoisotopic (exact) mass is 376 g/mol. The molecular formula is C19H36O7. The molecular weight excluding hydrogens is 340 g/mol. The minimum absolute atomic E-state index is 0.179. The number of hydrogen-bond donors (Lipinski definition) is 3. The summed E-state index contributed by atoms with van der Waals surface area (Å²) >= 11 is 0. The molecule has 1 aliphatic heterocycles. The topological polar surface area (TPSA) is 105 Å². The van der Waals surface area contributed by atoms with Crippen molar-refractivity contribution in [1.82, 2.24) is 0 Å². The SMILES string of the molecule is CCCCCCCCCCCC(=O)OC[C@H]1O[C@H](OC)[C@H](O)[C@@H](O)[C@H]1O. The number of aliphatic hydroxyl groups is 3. The Kier molecular flexibility index (Phi) is 12.0. The fraction of sp³-hybridized carbons (Fsp3) is 0.947. The van der Waals surface area contributed by atoms with E-state index in [-0.39, 0.29) is 12.6 Å². The highest BCUT2D eigenvalue weighted by molar-refractivity contribution is 5.69. The Hall–Kier alpha value is -0.730. The maximum absolute atomic E-state index is 11.8. The number of ether oxygens (including phenoxy) is 3.